The van der Waals surface area contributed by atoms with Crippen molar-refractivity contribution in [1.82, 2.24) is 29.9 Å². The Labute approximate surface area is 293 Å². The minimum absolute atomic E-state index is 0.443. The molecular weight excluding hydrogens is 596 g/mol. The lowest BCUT2D eigenvalue weighted by Crippen LogP contribution is -2.04. The van der Waals surface area contributed by atoms with Gasteiger partial charge in [0.15, 0.2) is 0 Å². The second-order valence-corrected chi connectivity index (χ2v) is 16.0. The summed E-state index contributed by atoms with van der Waals surface area (Å²) < 4.78 is 14.4. The fraction of sp³-hybridized carbons (Fsp3) is 0.700. The van der Waals surface area contributed by atoms with Crippen LogP contribution >= 0.6 is 0 Å². The van der Waals surface area contributed by atoms with Crippen LogP contribution in [0, 0.1) is 23.7 Å². The first kappa shape index (κ1) is 42.9. The van der Waals surface area contributed by atoms with Crippen molar-refractivity contribution < 1.29 is 9.05 Å². The first-order chi connectivity index (χ1) is 22.4. The highest BCUT2D eigenvalue weighted by molar-refractivity contribution is 5.10. The van der Waals surface area contributed by atoms with Crippen molar-refractivity contribution in [2.45, 2.75) is 160 Å². The van der Waals surface area contributed by atoms with Crippen LogP contribution < -0.4 is 0 Å². The molecule has 0 aliphatic rings. The zero-order chi connectivity index (χ0) is 36.6. The van der Waals surface area contributed by atoms with Gasteiger partial charge in [0, 0.05) is 49.5 Å². The van der Waals surface area contributed by atoms with Crippen molar-refractivity contribution in [3.8, 4) is 0 Å². The van der Waals surface area contributed by atoms with Crippen molar-refractivity contribution >= 4 is 0 Å². The Bertz CT molecular complexity index is 1160. The molecule has 0 aliphatic heterocycles. The van der Waals surface area contributed by atoms with Crippen LogP contribution in [0.3, 0.4) is 0 Å². The normalized spacial score (nSPS) is 11.5. The SMILES string of the molecule is CC(C)Cc1cc(C(C)C)no1.CC(C)Cc1cc(C(C)C)on1.CC(C)Cc1cnn(C(C)C)c1.CC(C)Cn1cc(C(C)C)cn1. The molecule has 0 bridgehead atoms. The molecule has 0 unspecified atom stereocenters. The molecule has 8 heteroatoms. The topological polar surface area (TPSA) is 87.7 Å². The second kappa shape index (κ2) is 21.7. The summed E-state index contributed by atoms with van der Waals surface area (Å²) >= 11 is 0. The second-order valence-electron chi connectivity index (χ2n) is 16.0. The molecule has 0 fully saturated rings. The molecule has 0 aliphatic carbocycles. The average molecular weight is 667 g/mol. The molecule has 0 spiro atoms. The smallest absolute Gasteiger partial charge is 0.139 e. The molecule has 4 aromatic rings. The number of aromatic nitrogens is 6. The van der Waals surface area contributed by atoms with Crippen LogP contribution in [0.15, 0.2) is 46.0 Å². The summed E-state index contributed by atoms with van der Waals surface area (Å²) in [5.41, 5.74) is 4.81. The lowest BCUT2D eigenvalue weighted by atomic mass is 10.1. The van der Waals surface area contributed by atoms with Gasteiger partial charge in [0.1, 0.15) is 11.5 Å². The van der Waals surface area contributed by atoms with Gasteiger partial charge in [-0.3, -0.25) is 9.36 Å². The molecule has 4 rings (SSSR count). The Kier molecular flexibility index (Phi) is 19.4. The van der Waals surface area contributed by atoms with Crippen LogP contribution in [0.25, 0.3) is 0 Å². The zero-order valence-electron chi connectivity index (χ0n) is 33.4. The fourth-order valence-corrected chi connectivity index (χ4v) is 4.60. The van der Waals surface area contributed by atoms with E-state index in [-0.39, 0.29) is 0 Å². The Morgan fingerprint density at radius 2 is 1.21 bits per heavy atom. The monoisotopic (exact) mass is 667 g/mol. The van der Waals surface area contributed by atoms with Crippen molar-refractivity contribution in [3.05, 3.63) is 71.0 Å². The Balaban J connectivity index is 0.000000320. The summed E-state index contributed by atoms with van der Waals surface area (Å²) in [5, 5.41) is 16.6. The van der Waals surface area contributed by atoms with Gasteiger partial charge in [0.2, 0.25) is 0 Å². The standard InChI is InChI=1S/2C10H18N2.2C10H17NO/c1-8(2)6-12-7-10(5-11-12)9(3)4;1-8(2)5-10-6-11-12(7-10)9(3)4;1-7(2)5-9-6-10(8(3)4)11-12-9;1-7(2)5-9-6-10(8(3)4)12-11-9/h5,7-9H,6H2,1-4H3;6-9H,5H2,1-4H3;2*6-8H,5H2,1-4H3. The summed E-state index contributed by atoms with van der Waals surface area (Å²) in [6, 6.07) is 4.60. The molecule has 0 N–H and O–H groups in total. The minimum Gasteiger partial charge on any atom is -0.361 e. The average Bonchev–Trinajstić information content (AvgIpc) is 3.76. The Hall–Kier alpha value is -3.16. The number of rotatable bonds is 12. The first-order valence-corrected chi connectivity index (χ1v) is 18.3. The number of nitrogens with zero attached hydrogens (tertiary/aromatic N) is 6. The van der Waals surface area contributed by atoms with E-state index >= 15 is 0 Å². The van der Waals surface area contributed by atoms with Crippen molar-refractivity contribution in [3.63, 3.8) is 0 Å². The van der Waals surface area contributed by atoms with E-state index in [9.17, 15) is 0 Å². The number of hydrogen-bond acceptors (Lipinski definition) is 6. The molecule has 48 heavy (non-hydrogen) atoms. The minimum atomic E-state index is 0.443. The molecule has 0 aromatic carbocycles. The summed E-state index contributed by atoms with van der Waals surface area (Å²) in [5.74, 6) is 6.17. The molecule has 0 amide bonds. The predicted molar refractivity (Wildman–Crippen MR) is 201 cm³/mol. The van der Waals surface area contributed by atoms with Crippen LogP contribution in [0.1, 0.15) is 169 Å². The molecule has 272 valence electrons. The van der Waals surface area contributed by atoms with E-state index in [1.54, 1.807) is 0 Å². The van der Waals surface area contributed by atoms with E-state index in [2.05, 4.69) is 156 Å². The quantitative estimate of drug-likeness (QED) is 0.149. The largest absolute Gasteiger partial charge is 0.361 e. The van der Waals surface area contributed by atoms with Crippen LogP contribution in [-0.4, -0.2) is 29.9 Å². The molecular formula is C40H70N6O2. The van der Waals surface area contributed by atoms with Gasteiger partial charge in [-0.1, -0.05) is 107 Å². The molecule has 8 nitrogen and oxygen atoms in total. The lowest BCUT2D eigenvalue weighted by molar-refractivity contribution is 0.362. The van der Waals surface area contributed by atoms with Crippen molar-refractivity contribution in [2.75, 3.05) is 0 Å². The fourth-order valence-electron chi connectivity index (χ4n) is 4.60. The van der Waals surface area contributed by atoms with Gasteiger partial charge < -0.3 is 9.05 Å². The van der Waals surface area contributed by atoms with Gasteiger partial charge in [-0.25, -0.2) is 0 Å². The third-order valence-electron chi connectivity index (χ3n) is 7.24. The third-order valence-corrected chi connectivity index (χ3v) is 7.24. The van der Waals surface area contributed by atoms with Gasteiger partial charge in [0.05, 0.1) is 23.8 Å². The van der Waals surface area contributed by atoms with E-state index in [4.69, 9.17) is 9.05 Å². The maximum Gasteiger partial charge on any atom is 0.139 e. The van der Waals surface area contributed by atoms with E-state index < -0.39 is 0 Å². The molecule has 0 saturated carbocycles. The van der Waals surface area contributed by atoms with E-state index in [1.165, 1.54) is 11.1 Å². The molecule has 0 atom stereocenters. The highest BCUT2D eigenvalue weighted by Crippen LogP contribution is 2.18. The van der Waals surface area contributed by atoms with Crippen LogP contribution in [0.2, 0.25) is 0 Å². The molecule has 0 saturated heterocycles. The predicted octanol–water partition coefficient (Wildman–Crippen LogP) is 11.3. The first-order valence-electron chi connectivity index (χ1n) is 18.3. The van der Waals surface area contributed by atoms with Crippen LogP contribution in [-0.2, 0) is 25.8 Å². The van der Waals surface area contributed by atoms with Gasteiger partial charge in [0.25, 0.3) is 0 Å². The van der Waals surface area contributed by atoms with Gasteiger partial charge in [-0.05, 0) is 73.3 Å². The maximum absolute atomic E-state index is 5.19. The highest BCUT2D eigenvalue weighted by Gasteiger charge is 2.10. The highest BCUT2D eigenvalue weighted by atomic mass is 16.5. The van der Waals surface area contributed by atoms with E-state index in [0.717, 1.165) is 54.6 Å². The zero-order valence-corrected chi connectivity index (χ0v) is 33.4. The maximum atomic E-state index is 5.19. The molecule has 4 aromatic heterocycles. The van der Waals surface area contributed by atoms with Gasteiger partial charge >= 0.3 is 0 Å². The summed E-state index contributed by atoms with van der Waals surface area (Å²) in [4.78, 5) is 0. The molecule has 0 radical (unpaired) electrons. The third kappa shape index (κ3) is 17.8. The van der Waals surface area contributed by atoms with Gasteiger partial charge in [-0.15, -0.1) is 0 Å². The summed E-state index contributed by atoms with van der Waals surface area (Å²) in [7, 11) is 0. The van der Waals surface area contributed by atoms with Crippen LogP contribution in [0.5, 0.6) is 0 Å². The number of hydrogen-bond donors (Lipinski definition) is 0. The van der Waals surface area contributed by atoms with Crippen molar-refractivity contribution in [1.29, 1.82) is 0 Å². The summed E-state index contributed by atoms with van der Waals surface area (Å²) in [6.45, 7) is 35.8. The summed E-state index contributed by atoms with van der Waals surface area (Å²) in [6.07, 6.45) is 11.4. The van der Waals surface area contributed by atoms with E-state index in [0.29, 0.717) is 41.5 Å². The lowest BCUT2D eigenvalue weighted by Gasteiger charge is -2.03. The van der Waals surface area contributed by atoms with Crippen molar-refractivity contribution in [2.24, 2.45) is 23.7 Å². The van der Waals surface area contributed by atoms with E-state index in [1.807, 2.05) is 21.8 Å². The Morgan fingerprint density at radius 3 is 1.62 bits per heavy atom. The van der Waals surface area contributed by atoms with Crippen LogP contribution in [0.4, 0.5) is 0 Å². The van der Waals surface area contributed by atoms with Gasteiger partial charge in [-0.2, -0.15) is 10.2 Å². The molecule has 4 heterocycles. The Morgan fingerprint density at radius 1 is 0.583 bits per heavy atom.